The number of hydrogen-bond acceptors (Lipinski definition) is 10. The molecule has 1 atom stereocenters. The molecule has 0 unspecified atom stereocenters. The minimum Gasteiger partial charge on any atom is -0.490 e. The average Bonchev–Trinajstić information content (AvgIpc) is 3.45. The van der Waals surface area contributed by atoms with Crippen LogP contribution in [0.4, 0.5) is 11.6 Å². The highest BCUT2D eigenvalue weighted by atomic mass is 32.2. The molecule has 2 aliphatic heterocycles. The van der Waals surface area contributed by atoms with Crippen LogP contribution in [-0.2, 0) is 11.8 Å². The molecule has 0 amide bonds. The number of fused-ring (bicyclic) bond motifs is 4. The SMILES string of the molecule is C=C/C1=C\C(=NC)Nc2nc(ncc2-c2ccc(N3CCN(C)CC3)nc2)-c2cnn(C)c2OCC[C@H](C)O1.CC.CPC.CSC. The van der Waals surface area contributed by atoms with E-state index in [-0.39, 0.29) is 6.10 Å². The summed E-state index contributed by atoms with van der Waals surface area (Å²) in [5.74, 6) is 3.81. The van der Waals surface area contributed by atoms with E-state index >= 15 is 0 Å². The molecule has 0 aliphatic carbocycles. The number of pyridine rings is 1. The van der Waals surface area contributed by atoms with Gasteiger partial charge in [0.25, 0.3) is 0 Å². The van der Waals surface area contributed by atoms with Crippen LogP contribution in [0, 0.1) is 0 Å². The highest BCUT2D eigenvalue weighted by Crippen LogP contribution is 2.32. The van der Waals surface area contributed by atoms with Crippen molar-refractivity contribution in [2.24, 2.45) is 12.0 Å². The maximum atomic E-state index is 6.11. The van der Waals surface area contributed by atoms with Crippen molar-refractivity contribution in [2.75, 3.05) is 82.9 Å². The van der Waals surface area contributed by atoms with Crippen molar-refractivity contribution in [3.63, 3.8) is 0 Å². The number of likely N-dealkylation sites (N-methyl/N-ethyl adjacent to an activating group) is 1. The predicted molar refractivity (Wildman–Crippen MR) is 204 cm³/mol. The van der Waals surface area contributed by atoms with Crippen LogP contribution in [-0.4, -0.2) is 114 Å². The monoisotopic (exact) mass is 683 g/mol. The summed E-state index contributed by atoms with van der Waals surface area (Å²) in [7, 11) is 6.78. The van der Waals surface area contributed by atoms with Crippen LogP contribution in [0.3, 0.4) is 0 Å². The first-order valence-electron chi connectivity index (χ1n) is 15.9. The van der Waals surface area contributed by atoms with Crippen LogP contribution in [0.25, 0.3) is 22.5 Å². The Bertz CT molecular complexity index is 1420. The van der Waals surface area contributed by atoms with E-state index in [1.54, 1.807) is 42.0 Å². The number of allylic oxidation sites excluding steroid dienone is 1. The molecule has 2 aliphatic rings. The molecule has 0 spiro atoms. The lowest BCUT2D eigenvalue weighted by molar-refractivity contribution is 0.113. The number of thioether (sulfide) groups is 1. The molecule has 3 aromatic rings. The summed E-state index contributed by atoms with van der Waals surface area (Å²) in [5, 5.41) is 7.76. The normalized spacial score (nSPS) is 18.3. The molecular formula is C34H54N9O2PS. The second-order valence-corrected chi connectivity index (χ2v) is 12.4. The minimum atomic E-state index is -0.0958. The van der Waals surface area contributed by atoms with E-state index in [9.17, 15) is 0 Å². The number of hydrogen-bond donors (Lipinski definition) is 1. The third kappa shape index (κ3) is 11.9. The summed E-state index contributed by atoms with van der Waals surface area (Å²) < 4.78 is 13.9. The van der Waals surface area contributed by atoms with Crippen molar-refractivity contribution in [2.45, 2.75) is 33.3 Å². The van der Waals surface area contributed by atoms with Crippen molar-refractivity contribution in [3.05, 3.63) is 55.2 Å². The molecule has 3 aromatic heterocycles. The Kier molecular flexibility index (Phi) is 18.1. The number of ether oxygens (including phenoxy) is 2. The van der Waals surface area contributed by atoms with Gasteiger partial charge in [0.05, 0.1) is 18.9 Å². The van der Waals surface area contributed by atoms with Gasteiger partial charge in [0.2, 0.25) is 5.88 Å². The predicted octanol–water partition coefficient (Wildman–Crippen LogP) is 6.32. The third-order valence-electron chi connectivity index (χ3n) is 6.87. The zero-order valence-electron chi connectivity index (χ0n) is 29.9. The number of rotatable bonds is 3. The van der Waals surface area contributed by atoms with Gasteiger partial charge in [-0.05, 0) is 58.0 Å². The number of aliphatic imine (C=N–C) groups is 1. The van der Waals surface area contributed by atoms with Gasteiger partial charge in [-0.25, -0.2) is 19.6 Å². The van der Waals surface area contributed by atoms with E-state index < -0.39 is 0 Å². The van der Waals surface area contributed by atoms with Gasteiger partial charge in [0.1, 0.15) is 28.8 Å². The van der Waals surface area contributed by atoms with E-state index in [1.165, 1.54) is 0 Å². The highest BCUT2D eigenvalue weighted by Gasteiger charge is 2.20. The van der Waals surface area contributed by atoms with E-state index in [4.69, 9.17) is 24.4 Å². The van der Waals surface area contributed by atoms with Gasteiger partial charge in [0.15, 0.2) is 5.82 Å². The first-order chi connectivity index (χ1) is 22.8. The van der Waals surface area contributed by atoms with Crippen LogP contribution in [0.5, 0.6) is 5.88 Å². The van der Waals surface area contributed by atoms with Crippen molar-refractivity contribution < 1.29 is 9.47 Å². The van der Waals surface area contributed by atoms with Crippen LogP contribution in [0.15, 0.2) is 60.2 Å². The first kappa shape index (κ1) is 39.7. The van der Waals surface area contributed by atoms with E-state index in [0.717, 1.165) is 51.7 Å². The third-order valence-corrected chi connectivity index (χ3v) is 6.87. The van der Waals surface area contributed by atoms with Gasteiger partial charge in [-0.1, -0.05) is 20.4 Å². The van der Waals surface area contributed by atoms with Crippen LogP contribution >= 0.6 is 20.3 Å². The van der Waals surface area contributed by atoms with E-state index in [1.807, 2.05) is 52.6 Å². The Labute approximate surface area is 288 Å². The topological polar surface area (TPSA) is 106 Å². The lowest BCUT2D eigenvalue weighted by Crippen LogP contribution is -2.44. The molecule has 13 heteroatoms. The number of anilines is 2. The Hall–Kier alpha value is -3.47. The van der Waals surface area contributed by atoms with Gasteiger partial charge >= 0.3 is 0 Å². The second kappa shape index (κ2) is 21.4. The summed E-state index contributed by atoms with van der Waals surface area (Å²) in [6.07, 6.45) is 13.5. The fourth-order valence-electron chi connectivity index (χ4n) is 4.50. The average molecular weight is 684 g/mol. The zero-order valence-corrected chi connectivity index (χ0v) is 31.7. The molecule has 1 N–H and O–H groups in total. The van der Waals surface area contributed by atoms with E-state index in [0.29, 0.717) is 47.7 Å². The molecule has 2 bridgehead atoms. The molecule has 1 fully saturated rings. The highest BCUT2D eigenvalue weighted by molar-refractivity contribution is 7.97. The number of aromatic nitrogens is 5. The van der Waals surface area contributed by atoms with Gasteiger partial charge in [-0.15, -0.1) is 8.58 Å². The maximum absolute atomic E-state index is 6.11. The molecule has 0 radical (unpaired) electrons. The summed E-state index contributed by atoms with van der Waals surface area (Å²) in [4.78, 5) is 23.4. The number of nitrogens with one attached hydrogen (secondary N) is 1. The minimum absolute atomic E-state index is 0.0958. The number of amidine groups is 1. The van der Waals surface area contributed by atoms with Crippen molar-refractivity contribution in [1.29, 1.82) is 0 Å². The van der Waals surface area contributed by atoms with Gasteiger partial charge < -0.3 is 24.6 Å². The summed E-state index contributed by atoms with van der Waals surface area (Å²) in [5.41, 5.74) is 2.39. The maximum Gasteiger partial charge on any atom is 0.222 e. The molecule has 1 saturated heterocycles. The first-order valence-corrected chi connectivity index (χ1v) is 19.6. The van der Waals surface area contributed by atoms with Crippen molar-refractivity contribution >= 4 is 37.8 Å². The summed E-state index contributed by atoms with van der Waals surface area (Å²) in [6, 6.07) is 4.11. The Morgan fingerprint density at radius 2 is 1.72 bits per heavy atom. The van der Waals surface area contributed by atoms with Gasteiger partial charge in [-0.2, -0.15) is 16.9 Å². The molecule has 5 rings (SSSR count). The van der Waals surface area contributed by atoms with Crippen molar-refractivity contribution in [3.8, 4) is 28.4 Å². The van der Waals surface area contributed by atoms with Gasteiger partial charge in [-0.3, -0.25) is 4.99 Å². The summed E-state index contributed by atoms with van der Waals surface area (Å²) >= 11 is 1.75. The molecule has 47 heavy (non-hydrogen) atoms. The fourth-order valence-corrected chi connectivity index (χ4v) is 4.50. The standard InChI is InChI=1S/C28H35N9O2.C2H7P.C2H6S.C2H6/c1-6-21-15-24(29-3)33-27-22(20-7-8-25(30-16-20)37-12-10-35(4)11-13-37)17-31-26(34-27)23-18-32-36(5)28(23)38-14-9-19(2)39-21;2*1-3-2;1-2/h6-8,15-19H,1,9-14H2,2-5H3,(H,29,31,33,34);3H,1-2H3;1-2H3;1-2H3/b21-15+;;;/t19-;;;/m0.../s1. The Morgan fingerprint density at radius 1 is 1.04 bits per heavy atom. The largest absolute Gasteiger partial charge is 0.490 e. The molecule has 258 valence electrons. The Morgan fingerprint density at radius 3 is 2.32 bits per heavy atom. The van der Waals surface area contributed by atoms with Crippen LogP contribution in [0.1, 0.15) is 27.2 Å². The molecular weight excluding hydrogens is 629 g/mol. The molecule has 11 nitrogen and oxygen atoms in total. The smallest absolute Gasteiger partial charge is 0.222 e. The molecule has 0 aromatic carbocycles. The second-order valence-electron chi connectivity index (χ2n) is 10.6. The van der Waals surface area contributed by atoms with E-state index in [2.05, 4.69) is 64.3 Å². The Balaban J connectivity index is 0.000000878. The van der Waals surface area contributed by atoms with Gasteiger partial charge in [0, 0.05) is 76.3 Å². The van der Waals surface area contributed by atoms with Crippen LogP contribution < -0.4 is 15.0 Å². The quantitative estimate of drug-likeness (QED) is 0.316. The lowest BCUT2D eigenvalue weighted by Gasteiger charge is -2.33. The number of piperazine rings is 1. The molecule has 0 saturated carbocycles. The summed E-state index contributed by atoms with van der Waals surface area (Å²) in [6.45, 7) is 18.6. The number of aryl methyl sites for hydroxylation is 1. The van der Waals surface area contributed by atoms with Crippen LogP contribution in [0.2, 0.25) is 0 Å². The fraction of sp³-hybridized carbons (Fsp3) is 0.500. The number of nitrogens with zero attached hydrogens (tertiary/aromatic N) is 8. The zero-order chi connectivity index (χ0) is 34.8. The lowest BCUT2D eigenvalue weighted by atomic mass is 10.1. The molecule has 5 heterocycles. The van der Waals surface area contributed by atoms with Crippen molar-refractivity contribution in [1.82, 2.24) is 29.6 Å².